The Morgan fingerprint density at radius 1 is 1.26 bits per heavy atom. The molecule has 1 aromatic rings. The summed E-state index contributed by atoms with van der Waals surface area (Å²) in [5, 5.41) is 3.45. The molecule has 0 heterocycles. The van der Waals surface area contributed by atoms with Crippen molar-refractivity contribution in [2.45, 2.75) is 32.7 Å². The zero-order chi connectivity index (χ0) is 13.7. The first-order valence-corrected chi connectivity index (χ1v) is 7.22. The molecule has 1 aromatic carbocycles. The van der Waals surface area contributed by atoms with Crippen LogP contribution in [0.2, 0.25) is 0 Å². The normalized spacial score (nSPS) is 15.4. The first-order valence-electron chi connectivity index (χ1n) is 7.22. The molecule has 3 heteroatoms. The molecule has 0 bridgehead atoms. The number of aliphatic imine (C=N–C) groups is 1. The lowest BCUT2D eigenvalue weighted by Gasteiger charge is -2.22. The van der Waals surface area contributed by atoms with Crippen LogP contribution in [0, 0.1) is 5.92 Å². The van der Waals surface area contributed by atoms with Crippen LogP contribution in [0.1, 0.15) is 30.9 Å². The molecule has 19 heavy (non-hydrogen) atoms. The van der Waals surface area contributed by atoms with E-state index in [2.05, 4.69) is 53.4 Å². The predicted molar refractivity (Wildman–Crippen MR) is 81.4 cm³/mol. The van der Waals surface area contributed by atoms with Gasteiger partial charge in [-0.3, -0.25) is 4.99 Å². The SMILES string of the molecule is CCc1ccc(CN(C)C(=NC)NCC2CC2)cc1. The zero-order valence-corrected chi connectivity index (χ0v) is 12.3. The third-order valence-electron chi connectivity index (χ3n) is 3.67. The molecule has 0 unspecified atom stereocenters. The van der Waals surface area contributed by atoms with E-state index in [9.17, 15) is 0 Å². The van der Waals surface area contributed by atoms with Gasteiger partial charge in [0.05, 0.1) is 0 Å². The maximum absolute atomic E-state index is 4.35. The fourth-order valence-electron chi connectivity index (χ4n) is 2.17. The summed E-state index contributed by atoms with van der Waals surface area (Å²) in [5.74, 6) is 1.86. The first kappa shape index (κ1) is 13.9. The van der Waals surface area contributed by atoms with Gasteiger partial charge in [0, 0.05) is 27.2 Å². The Morgan fingerprint density at radius 3 is 2.42 bits per heavy atom. The van der Waals surface area contributed by atoms with Crippen molar-refractivity contribution in [3.8, 4) is 0 Å². The highest BCUT2D eigenvalue weighted by molar-refractivity contribution is 5.79. The Hall–Kier alpha value is -1.51. The summed E-state index contributed by atoms with van der Waals surface area (Å²) < 4.78 is 0. The van der Waals surface area contributed by atoms with E-state index in [1.807, 2.05) is 7.05 Å². The van der Waals surface area contributed by atoms with E-state index in [-0.39, 0.29) is 0 Å². The van der Waals surface area contributed by atoms with Crippen molar-refractivity contribution in [2.75, 3.05) is 20.6 Å². The topological polar surface area (TPSA) is 27.6 Å². The van der Waals surface area contributed by atoms with Gasteiger partial charge < -0.3 is 10.2 Å². The third kappa shape index (κ3) is 4.27. The van der Waals surface area contributed by atoms with Gasteiger partial charge >= 0.3 is 0 Å². The summed E-state index contributed by atoms with van der Waals surface area (Å²) in [6, 6.07) is 8.85. The van der Waals surface area contributed by atoms with Crippen LogP contribution in [0.5, 0.6) is 0 Å². The van der Waals surface area contributed by atoms with Crippen LogP contribution in [0.25, 0.3) is 0 Å². The molecule has 104 valence electrons. The number of aryl methyl sites for hydroxylation is 1. The van der Waals surface area contributed by atoms with E-state index < -0.39 is 0 Å². The Labute approximate surface area is 116 Å². The lowest BCUT2D eigenvalue weighted by Crippen LogP contribution is -2.39. The van der Waals surface area contributed by atoms with Crippen LogP contribution in [0.3, 0.4) is 0 Å². The maximum Gasteiger partial charge on any atom is 0.193 e. The Bertz CT molecular complexity index is 418. The highest BCUT2D eigenvalue weighted by Crippen LogP contribution is 2.27. The average molecular weight is 259 g/mol. The minimum Gasteiger partial charge on any atom is -0.356 e. The summed E-state index contributed by atoms with van der Waals surface area (Å²) >= 11 is 0. The standard InChI is InChI=1S/C16H25N3/c1-4-13-5-9-15(10-6-13)12-19(3)16(17-2)18-11-14-7-8-14/h5-6,9-10,14H,4,7-8,11-12H2,1-3H3,(H,17,18). The molecule has 3 nitrogen and oxygen atoms in total. The number of hydrogen-bond donors (Lipinski definition) is 1. The number of guanidine groups is 1. The minimum atomic E-state index is 0.869. The van der Waals surface area contributed by atoms with Crippen molar-refractivity contribution in [2.24, 2.45) is 10.9 Å². The van der Waals surface area contributed by atoms with Crippen molar-refractivity contribution in [1.29, 1.82) is 0 Å². The second kappa shape index (κ2) is 6.60. The van der Waals surface area contributed by atoms with Gasteiger partial charge in [-0.25, -0.2) is 0 Å². The van der Waals surface area contributed by atoms with Crippen LogP contribution < -0.4 is 5.32 Å². The van der Waals surface area contributed by atoms with Crippen molar-refractivity contribution >= 4 is 5.96 Å². The molecule has 0 spiro atoms. The van der Waals surface area contributed by atoms with E-state index in [0.717, 1.165) is 31.4 Å². The van der Waals surface area contributed by atoms with Crippen LogP contribution >= 0.6 is 0 Å². The predicted octanol–water partition coefficient (Wildman–Crippen LogP) is 2.67. The van der Waals surface area contributed by atoms with E-state index in [1.165, 1.54) is 24.0 Å². The summed E-state index contributed by atoms with van der Waals surface area (Å²) in [5.41, 5.74) is 2.72. The van der Waals surface area contributed by atoms with Crippen LogP contribution in [-0.4, -0.2) is 31.5 Å². The molecule has 2 rings (SSSR count). The number of nitrogens with zero attached hydrogens (tertiary/aromatic N) is 2. The molecule has 1 fully saturated rings. The zero-order valence-electron chi connectivity index (χ0n) is 12.3. The van der Waals surface area contributed by atoms with Crippen molar-refractivity contribution in [3.05, 3.63) is 35.4 Å². The van der Waals surface area contributed by atoms with Crippen LogP contribution in [0.4, 0.5) is 0 Å². The Morgan fingerprint density at radius 2 is 1.89 bits per heavy atom. The molecule has 1 aliphatic carbocycles. The summed E-state index contributed by atoms with van der Waals surface area (Å²) in [6.07, 6.45) is 3.83. The average Bonchev–Trinajstić information content (AvgIpc) is 3.24. The third-order valence-corrected chi connectivity index (χ3v) is 3.67. The Balaban J connectivity index is 1.87. The van der Waals surface area contributed by atoms with E-state index in [1.54, 1.807) is 0 Å². The van der Waals surface area contributed by atoms with Crippen molar-refractivity contribution in [3.63, 3.8) is 0 Å². The molecular weight excluding hydrogens is 234 g/mol. The molecule has 0 aromatic heterocycles. The van der Waals surface area contributed by atoms with Crippen molar-refractivity contribution in [1.82, 2.24) is 10.2 Å². The first-order chi connectivity index (χ1) is 9.22. The van der Waals surface area contributed by atoms with Gasteiger partial charge in [0.1, 0.15) is 0 Å². The van der Waals surface area contributed by atoms with Gasteiger partial charge in [0.25, 0.3) is 0 Å². The van der Waals surface area contributed by atoms with E-state index >= 15 is 0 Å². The second-order valence-electron chi connectivity index (χ2n) is 5.40. The molecule has 1 aliphatic rings. The smallest absolute Gasteiger partial charge is 0.193 e. The molecule has 0 amide bonds. The number of rotatable bonds is 5. The maximum atomic E-state index is 4.35. The lowest BCUT2D eigenvalue weighted by molar-refractivity contribution is 0.474. The molecule has 1 N–H and O–H groups in total. The van der Waals surface area contributed by atoms with Gasteiger partial charge in [0.15, 0.2) is 5.96 Å². The Kier molecular flexibility index (Phi) is 4.83. The minimum absolute atomic E-state index is 0.869. The quantitative estimate of drug-likeness (QED) is 0.650. The summed E-state index contributed by atoms with van der Waals surface area (Å²) in [6.45, 7) is 4.14. The van der Waals surface area contributed by atoms with E-state index in [0.29, 0.717) is 0 Å². The number of nitrogens with one attached hydrogen (secondary N) is 1. The molecular formula is C16H25N3. The summed E-state index contributed by atoms with van der Waals surface area (Å²) in [4.78, 5) is 6.53. The molecule has 0 radical (unpaired) electrons. The largest absolute Gasteiger partial charge is 0.356 e. The van der Waals surface area contributed by atoms with Gasteiger partial charge in [-0.15, -0.1) is 0 Å². The fraction of sp³-hybridized carbons (Fsp3) is 0.562. The highest BCUT2D eigenvalue weighted by atomic mass is 15.3. The van der Waals surface area contributed by atoms with Gasteiger partial charge in [-0.2, -0.15) is 0 Å². The van der Waals surface area contributed by atoms with Crippen molar-refractivity contribution < 1.29 is 0 Å². The van der Waals surface area contributed by atoms with Gasteiger partial charge in [0.2, 0.25) is 0 Å². The van der Waals surface area contributed by atoms with Crippen LogP contribution in [0.15, 0.2) is 29.3 Å². The molecule has 0 aliphatic heterocycles. The van der Waals surface area contributed by atoms with Crippen LogP contribution in [-0.2, 0) is 13.0 Å². The number of hydrogen-bond acceptors (Lipinski definition) is 1. The molecule has 0 saturated heterocycles. The van der Waals surface area contributed by atoms with Gasteiger partial charge in [-0.05, 0) is 36.3 Å². The molecule has 1 saturated carbocycles. The number of benzene rings is 1. The lowest BCUT2D eigenvalue weighted by atomic mass is 10.1. The fourth-order valence-corrected chi connectivity index (χ4v) is 2.17. The summed E-state index contributed by atoms with van der Waals surface area (Å²) in [7, 11) is 3.95. The highest BCUT2D eigenvalue weighted by Gasteiger charge is 2.21. The van der Waals surface area contributed by atoms with Gasteiger partial charge in [-0.1, -0.05) is 31.2 Å². The molecule has 0 atom stereocenters. The second-order valence-corrected chi connectivity index (χ2v) is 5.40. The monoisotopic (exact) mass is 259 g/mol. The van der Waals surface area contributed by atoms with E-state index in [4.69, 9.17) is 0 Å².